The summed E-state index contributed by atoms with van der Waals surface area (Å²) in [6.45, 7) is 1.69. The molecule has 1 N–H and O–H groups in total. The molecule has 8 heteroatoms. The summed E-state index contributed by atoms with van der Waals surface area (Å²) in [5.74, 6) is -1.72. The number of carbonyl (C=O) groups excluding carboxylic acids is 4. The maximum Gasteiger partial charge on any atom is 0.334 e. The van der Waals surface area contributed by atoms with Gasteiger partial charge in [-0.1, -0.05) is 19.1 Å². The van der Waals surface area contributed by atoms with Crippen LogP contribution in [0.15, 0.2) is 24.3 Å². The molecule has 1 aliphatic rings. The second kappa shape index (κ2) is 7.58. The van der Waals surface area contributed by atoms with Gasteiger partial charge in [0.15, 0.2) is 0 Å². The molecule has 1 aromatic rings. The lowest BCUT2D eigenvalue weighted by Crippen LogP contribution is -2.41. The van der Waals surface area contributed by atoms with Gasteiger partial charge in [0, 0.05) is 13.1 Å². The Labute approximate surface area is 139 Å². The largest absolute Gasteiger partial charge is 0.497 e. The van der Waals surface area contributed by atoms with Crippen LogP contribution in [0.2, 0.25) is 0 Å². The van der Waals surface area contributed by atoms with Crippen molar-refractivity contribution in [2.45, 2.75) is 19.9 Å². The quantitative estimate of drug-likeness (QED) is 0.579. The van der Waals surface area contributed by atoms with E-state index < -0.39 is 30.3 Å². The minimum Gasteiger partial charge on any atom is -0.497 e. The van der Waals surface area contributed by atoms with Crippen LogP contribution in [0.25, 0.3) is 0 Å². The van der Waals surface area contributed by atoms with E-state index in [0.717, 1.165) is 10.5 Å². The van der Waals surface area contributed by atoms with E-state index in [0.29, 0.717) is 17.1 Å². The molecule has 0 aromatic heterocycles. The van der Waals surface area contributed by atoms with Crippen LogP contribution in [0, 0.1) is 0 Å². The van der Waals surface area contributed by atoms with Crippen LogP contribution in [0.1, 0.15) is 18.9 Å². The van der Waals surface area contributed by atoms with E-state index in [1.165, 1.54) is 0 Å². The summed E-state index contributed by atoms with van der Waals surface area (Å²) in [7, 11) is 1.54. The number of nitrogens with one attached hydrogen (secondary N) is 1. The van der Waals surface area contributed by atoms with Crippen molar-refractivity contribution < 1.29 is 23.9 Å². The summed E-state index contributed by atoms with van der Waals surface area (Å²) in [5.41, 5.74) is 0.811. The molecule has 0 bridgehead atoms. The number of rotatable bonds is 7. The summed E-state index contributed by atoms with van der Waals surface area (Å²) in [6.07, 6.45) is 0.542. The molecule has 1 heterocycles. The van der Waals surface area contributed by atoms with Gasteiger partial charge in [0.05, 0.1) is 7.11 Å². The van der Waals surface area contributed by atoms with Crippen LogP contribution in [0.4, 0.5) is 4.79 Å². The lowest BCUT2D eigenvalue weighted by atomic mass is 10.2. The fraction of sp³-hybridized carbons (Fsp3) is 0.375. The van der Waals surface area contributed by atoms with Crippen molar-refractivity contribution in [3.05, 3.63) is 29.8 Å². The van der Waals surface area contributed by atoms with Gasteiger partial charge >= 0.3 is 17.8 Å². The third-order valence-electron chi connectivity index (χ3n) is 3.51. The number of methoxy groups -OCH3 is 1. The number of amides is 5. The van der Waals surface area contributed by atoms with Gasteiger partial charge in [-0.3, -0.25) is 19.3 Å². The summed E-state index contributed by atoms with van der Waals surface area (Å²) in [4.78, 5) is 49.0. The number of ether oxygens (including phenoxy) is 1. The third-order valence-corrected chi connectivity index (χ3v) is 3.51. The molecule has 1 saturated heterocycles. The van der Waals surface area contributed by atoms with E-state index in [2.05, 4.69) is 5.32 Å². The van der Waals surface area contributed by atoms with Gasteiger partial charge in [0.25, 0.3) is 0 Å². The van der Waals surface area contributed by atoms with Crippen molar-refractivity contribution in [2.75, 3.05) is 20.2 Å². The van der Waals surface area contributed by atoms with Crippen molar-refractivity contribution in [2.24, 2.45) is 0 Å². The minimum atomic E-state index is -0.968. The highest BCUT2D eigenvalue weighted by molar-refractivity contribution is 6.45. The summed E-state index contributed by atoms with van der Waals surface area (Å²) in [5, 5.41) is 2.61. The fourth-order valence-corrected chi connectivity index (χ4v) is 2.29. The van der Waals surface area contributed by atoms with Gasteiger partial charge < -0.3 is 10.1 Å². The van der Waals surface area contributed by atoms with Crippen molar-refractivity contribution in [3.8, 4) is 5.75 Å². The van der Waals surface area contributed by atoms with Gasteiger partial charge in [0.1, 0.15) is 12.3 Å². The molecule has 1 fully saturated rings. The van der Waals surface area contributed by atoms with E-state index in [1.807, 2.05) is 6.07 Å². The first-order chi connectivity index (χ1) is 11.5. The lowest BCUT2D eigenvalue weighted by molar-refractivity contribution is -0.144. The molecule has 8 nitrogen and oxygen atoms in total. The standard InChI is InChI=1S/C16H19N3O5/c1-3-7-18-14(21)15(22)19(16(18)23)10-13(20)17-9-11-5-4-6-12(8-11)24-2/h4-6,8H,3,7,9-10H2,1-2H3,(H,17,20). The van der Waals surface area contributed by atoms with E-state index >= 15 is 0 Å². The predicted molar refractivity (Wildman–Crippen MR) is 84.0 cm³/mol. The fourth-order valence-electron chi connectivity index (χ4n) is 2.29. The van der Waals surface area contributed by atoms with Crippen molar-refractivity contribution in [1.29, 1.82) is 0 Å². The Morgan fingerprint density at radius 1 is 1.17 bits per heavy atom. The highest BCUT2D eigenvalue weighted by atomic mass is 16.5. The Morgan fingerprint density at radius 3 is 2.54 bits per heavy atom. The second-order valence-corrected chi connectivity index (χ2v) is 5.26. The van der Waals surface area contributed by atoms with Gasteiger partial charge in [-0.15, -0.1) is 0 Å². The molecule has 5 amide bonds. The molecular formula is C16H19N3O5. The maximum atomic E-state index is 12.0. The summed E-state index contributed by atoms with van der Waals surface area (Å²) < 4.78 is 5.09. The zero-order valence-electron chi connectivity index (χ0n) is 13.6. The molecule has 24 heavy (non-hydrogen) atoms. The van der Waals surface area contributed by atoms with Crippen LogP contribution < -0.4 is 10.1 Å². The average molecular weight is 333 g/mol. The zero-order chi connectivity index (χ0) is 17.7. The Morgan fingerprint density at radius 2 is 1.88 bits per heavy atom. The van der Waals surface area contributed by atoms with Gasteiger partial charge in [0.2, 0.25) is 5.91 Å². The SMILES string of the molecule is CCCN1C(=O)C(=O)N(CC(=O)NCc2cccc(OC)c2)C1=O. The number of imide groups is 2. The van der Waals surface area contributed by atoms with E-state index in [1.54, 1.807) is 32.2 Å². The summed E-state index contributed by atoms with van der Waals surface area (Å²) >= 11 is 0. The number of hydrogen-bond acceptors (Lipinski definition) is 5. The molecule has 0 atom stereocenters. The monoisotopic (exact) mass is 333 g/mol. The van der Waals surface area contributed by atoms with E-state index in [4.69, 9.17) is 4.74 Å². The van der Waals surface area contributed by atoms with Crippen LogP contribution in [-0.4, -0.2) is 53.8 Å². The van der Waals surface area contributed by atoms with Crippen molar-refractivity contribution in [1.82, 2.24) is 15.1 Å². The third kappa shape index (κ3) is 3.70. The zero-order valence-corrected chi connectivity index (χ0v) is 13.6. The number of hydrogen-bond donors (Lipinski definition) is 1. The van der Waals surface area contributed by atoms with E-state index in [9.17, 15) is 19.2 Å². The average Bonchev–Trinajstić information content (AvgIpc) is 2.78. The lowest BCUT2D eigenvalue weighted by Gasteiger charge is -2.14. The molecule has 2 rings (SSSR count). The Balaban J connectivity index is 1.93. The molecule has 0 aliphatic carbocycles. The van der Waals surface area contributed by atoms with Crippen molar-refractivity contribution in [3.63, 3.8) is 0 Å². The normalized spacial score (nSPS) is 14.3. The predicted octanol–water partition coefficient (Wildman–Crippen LogP) is 0.512. The smallest absolute Gasteiger partial charge is 0.334 e. The number of carbonyl (C=O) groups is 4. The van der Waals surface area contributed by atoms with Crippen LogP contribution >= 0.6 is 0 Å². The first-order valence-corrected chi connectivity index (χ1v) is 7.54. The number of benzene rings is 1. The number of urea groups is 1. The number of nitrogens with zero attached hydrogens (tertiary/aromatic N) is 2. The van der Waals surface area contributed by atoms with Crippen molar-refractivity contribution >= 4 is 23.8 Å². The first-order valence-electron chi connectivity index (χ1n) is 7.54. The van der Waals surface area contributed by atoms with Gasteiger partial charge in [-0.05, 0) is 24.1 Å². The minimum absolute atomic E-state index is 0.158. The highest BCUT2D eigenvalue weighted by Crippen LogP contribution is 2.13. The molecule has 0 spiro atoms. The molecule has 0 radical (unpaired) electrons. The van der Waals surface area contributed by atoms with E-state index in [-0.39, 0.29) is 13.1 Å². The maximum absolute atomic E-state index is 12.0. The van der Waals surface area contributed by atoms with Crippen LogP contribution in [0.3, 0.4) is 0 Å². The summed E-state index contributed by atoms with van der Waals surface area (Å²) in [6, 6.07) is 6.39. The highest BCUT2D eigenvalue weighted by Gasteiger charge is 2.44. The molecule has 0 saturated carbocycles. The molecule has 1 aromatic carbocycles. The van der Waals surface area contributed by atoms with Gasteiger partial charge in [-0.25, -0.2) is 9.69 Å². The topological polar surface area (TPSA) is 96.0 Å². The molecule has 1 aliphatic heterocycles. The van der Waals surface area contributed by atoms with Crippen LogP contribution in [-0.2, 0) is 20.9 Å². The van der Waals surface area contributed by atoms with Gasteiger partial charge in [-0.2, -0.15) is 0 Å². The molecule has 128 valence electrons. The first kappa shape index (κ1) is 17.5. The molecular weight excluding hydrogens is 314 g/mol. The van der Waals surface area contributed by atoms with Crippen LogP contribution in [0.5, 0.6) is 5.75 Å². The molecule has 0 unspecified atom stereocenters. The Bertz CT molecular complexity index is 673. The second-order valence-electron chi connectivity index (χ2n) is 5.26. The Kier molecular flexibility index (Phi) is 5.51. The Hall–Kier alpha value is -2.90.